The van der Waals surface area contributed by atoms with Gasteiger partial charge in [0.15, 0.2) is 4.80 Å². The summed E-state index contributed by atoms with van der Waals surface area (Å²) >= 11 is 1.26. The molecule has 31 heavy (non-hydrogen) atoms. The van der Waals surface area contributed by atoms with Gasteiger partial charge in [0.2, 0.25) is 10.0 Å². The molecule has 3 rings (SSSR count). The third-order valence-corrected chi connectivity index (χ3v) is 6.99. The Bertz CT molecular complexity index is 1280. The van der Waals surface area contributed by atoms with Gasteiger partial charge in [-0.3, -0.25) is 4.79 Å². The van der Waals surface area contributed by atoms with Crippen LogP contribution in [0.25, 0.3) is 10.2 Å². The van der Waals surface area contributed by atoms with Crippen molar-refractivity contribution in [3.63, 3.8) is 0 Å². The molecule has 9 heteroatoms. The number of hydrogen-bond donors (Lipinski definition) is 1. The van der Waals surface area contributed by atoms with Gasteiger partial charge < -0.3 is 9.30 Å². The van der Waals surface area contributed by atoms with Crippen LogP contribution in [0, 0.1) is 20.8 Å². The number of nitrogens with zero attached hydrogens (tertiary/aromatic N) is 2. The Balaban J connectivity index is 2.05. The Kier molecular flexibility index (Phi) is 7.10. The van der Waals surface area contributed by atoms with E-state index in [1.807, 2.05) is 32.3 Å². The lowest BCUT2D eigenvalue weighted by atomic mass is 9.97. The molecule has 7 nitrogen and oxygen atoms in total. The number of aryl methyl sites for hydroxylation is 3. The highest BCUT2D eigenvalue weighted by Gasteiger charge is 2.14. The lowest BCUT2D eigenvalue weighted by molar-refractivity contribution is -0.117. The highest BCUT2D eigenvalue weighted by molar-refractivity contribution is 7.89. The molecule has 0 atom stereocenters. The average Bonchev–Trinajstić information content (AvgIpc) is 3.00. The summed E-state index contributed by atoms with van der Waals surface area (Å²) in [5.41, 5.74) is 5.06. The van der Waals surface area contributed by atoms with Gasteiger partial charge in [-0.15, -0.1) is 0 Å². The Morgan fingerprint density at radius 2 is 1.84 bits per heavy atom. The van der Waals surface area contributed by atoms with Crippen molar-refractivity contribution in [1.82, 2.24) is 4.57 Å². The van der Waals surface area contributed by atoms with Crippen LogP contribution in [0.1, 0.15) is 29.2 Å². The van der Waals surface area contributed by atoms with E-state index in [0.717, 1.165) is 27.8 Å². The van der Waals surface area contributed by atoms with Gasteiger partial charge in [-0.1, -0.05) is 29.0 Å². The fourth-order valence-corrected chi connectivity index (χ4v) is 5.35. The number of ether oxygens (including phenoxy) is 1. The van der Waals surface area contributed by atoms with Crippen LogP contribution in [0.2, 0.25) is 0 Å². The number of nitrogens with two attached hydrogens (primary N) is 1. The van der Waals surface area contributed by atoms with Crippen molar-refractivity contribution in [3.05, 3.63) is 57.4 Å². The summed E-state index contributed by atoms with van der Waals surface area (Å²) in [5, 5.41) is 5.27. The zero-order valence-corrected chi connectivity index (χ0v) is 19.8. The summed E-state index contributed by atoms with van der Waals surface area (Å²) in [5.74, 6) is -0.251. The molecule has 0 aliphatic carbocycles. The number of carbonyl (C=O) groups excluding carboxylic acids is 1. The predicted octanol–water partition coefficient (Wildman–Crippen LogP) is 2.98. The summed E-state index contributed by atoms with van der Waals surface area (Å²) in [6.07, 6.45) is 0.208. The summed E-state index contributed by atoms with van der Waals surface area (Å²) in [7, 11) is -3.82. The smallest absolute Gasteiger partial charge is 0.252 e. The van der Waals surface area contributed by atoms with Gasteiger partial charge in [0.1, 0.15) is 0 Å². The van der Waals surface area contributed by atoms with Crippen molar-refractivity contribution >= 4 is 37.5 Å². The zero-order valence-electron chi connectivity index (χ0n) is 18.1. The van der Waals surface area contributed by atoms with Crippen LogP contribution in [0.5, 0.6) is 0 Å². The Hall–Kier alpha value is -2.33. The molecule has 0 radical (unpaired) electrons. The van der Waals surface area contributed by atoms with Crippen molar-refractivity contribution < 1.29 is 17.9 Å². The van der Waals surface area contributed by atoms with Gasteiger partial charge in [0, 0.05) is 13.2 Å². The number of aromatic nitrogens is 1. The van der Waals surface area contributed by atoms with E-state index in [-0.39, 0.29) is 17.2 Å². The van der Waals surface area contributed by atoms with Crippen LogP contribution >= 0.6 is 11.3 Å². The molecule has 0 spiro atoms. The van der Waals surface area contributed by atoms with Gasteiger partial charge >= 0.3 is 0 Å². The topological polar surface area (TPSA) is 104 Å². The van der Waals surface area contributed by atoms with E-state index in [9.17, 15) is 13.2 Å². The first kappa shape index (κ1) is 23.3. The molecule has 1 aromatic heterocycles. The van der Waals surface area contributed by atoms with Crippen LogP contribution in [0.15, 0.2) is 40.2 Å². The van der Waals surface area contributed by atoms with Crippen molar-refractivity contribution in [2.45, 2.75) is 45.6 Å². The van der Waals surface area contributed by atoms with Gasteiger partial charge in [0.25, 0.3) is 5.91 Å². The van der Waals surface area contributed by atoms with Crippen LogP contribution in [0.3, 0.4) is 0 Å². The number of fused-ring (bicyclic) bond motifs is 1. The SMILES string of the molecule is CCOCCn1c(=NC(=O)Cc2c(C)cc(C)cc2C)sc2cc(S(N)(=O)=O)ccc21. The highest BCUT2D eigenvalue weighted by atomic mass is 32.2. The maximum absolute atomic E-state index is 12.8. The number of primary sulfonamides is 1. The molecule has 2 aromatic carbocycles. The first-order valence-electron chi connectivity index (χ1n) is 9.98. The third-order valence-electron chi connectivity index (χ3n) is 5.03. The van der Waals surface area contributed by atoms with Gasteiger partial charge in [-0.25, -0.2) is 13.6 Å². The van der Waals surface area contributed by atoms with E-state index in [2.05, 4.69) is 17.1 Å². The van der Waals surface area contributed by atoms with E-state index in [1.54, 1.807) is 6.07 Å². The number of thiazole rings is 1. The predicted molar refractivity (Wildman–Crippen MR) is 123 cm³/mol. The first-order chi connectivity index (χ1) is 14.6. The van der Waals surface area contributed by atoms with Gasteiger partial charge in [0.05, 0.1) is 28.1 Å². The molecule has 1 amide bonds. The summed E-state index contributed by atoms with van der Waals surface area (Å²) in [6.45, 7) is 9.47. The molecule has 1 heterocycles. The monoisotopic (exact) mass is 461 g/mol. The number of benzene rings is 2. The Labute approximate surface area is 186 Å². The lowest BCUT2D eigenvalue weighted by Gasteiger charge is -2.09. The molecule has 166 valence electrons. The van der Waals surface area contributed by atoms with E-state index in [1.165, 1.54) is 23.5 Å². The minimum atomic E-state index is -3.82. The molecule has 2 N–H and O–H groups in total. The highest BCUT2D eigenvalue weighted by Crippen LogP contribution is 2.22. The average molecular weight is 462 g/mol. The van der Waals surface area contributed by atoms with E-state index in [4.69, 9.17) is 9.88 Å². The molecule has 0 bridgehead atoms. The fourth-order valence-electron chi connectivity index (χ4n) is 3.62. The normalized spacial score (nSPS) is 12.6. The maximum Gasteiger partial charge on any atom is 0.252 e. The zero-order chi connectivity index (χ0) is 22.8. The molecule has 0 aliphatic rings. The van der Waals surface area contributed by atoms with Crippen molar-refractivity contribution in [3.8, 4) is 0 Å². The number of amides is 1. The van der Waals surface area contributed by atoms with Crippen LogP contribution < -0.4 is 9.94 Å². The molecular formula is C22H27N3O4S2. The minimum absolute atomic E-state index is 0.0296. The second-order valence-electron chi connectivity index (χ2n) is 7.47. The number of rotatable bonds is 7. The van der Waals surface area contributed by atoms with E-state index >= 15 is 0 Å². The number of hydrogen-bond acceptors (Lipinski definition) is 5. The first-order valence-corrected chi connectivity index (χ1v) is 12.3. The number of sulfonamides is 1. The van der Waals surface area contributed by atoms with Crippen LogP contribution in [0.4, 0.5) is 0 Å². The van der Waals surface area contributed by atoms with Crippen molar-refractivity contribution in [1.29, 1.82) is 0 Å². The van der Waals surface area contributed by atoms with Crippen LogP contribution in [-0.4, -0.2) is 32.1 Å². The molecule has 0 fully saturated rings. The standard InChI is InChI=1S/C22H27N3O4S2/c1-5-29-9-8-25-19-7-6-17(31(23,27)28)12-20(19)30-22(25)24-21(26)13-18-15(3)10-14(2)11-16(18)4/h6-7,10-12H,5,8-9,13H2,1-4H3,(H2,23,27,28). The van der Waals surface area contributed by atoms with E-state index < -0.39 is 10.0 Å². The summed E-state index contributed by atoms with van der Waals surface area (Å²) in [6, 6.07) is 8.80. The molecule has 0 saturated heterocycles. The van der Waals surface area contributed by atoms with Crippen molar-refractivity contribution in [2.24, 2.45) is 10.1 Å². The summed E-state index contributed by atoms with van der Waals surface area (Å²) in [4.78, 5) is 17.7. The summed E-state index contributed by atoms with van der Waals surface area (Å²) < 4.78 is 31.5. The third kappa shape index (κ3) is 5.48. The molecular weight excluding hydrogens is 434 g/mol. The second-order valence-corrected chi connectivity index (χ2v) is 10.0. The van der Waals surface area contributed by atoms with Crippen LogP contribution in [-0.2, 0) is 32.5 Å². The second kappa shape index (κ2) is 9.44. The van der Waals surface area contributed by atoms with Gasteiger partial charge in [-0.05, 0) is 62.6 Å². The Morgan fingerprint density at radius 3 is 2.45 bits per heavy atom. The molecule has 0 aliphatic heterocycles. The maximum atomic E-state index is 12.8. The van der Waals surface area contributed by atoms with E-state index in [0.29, 0.717) is 29.3 Å². The van der Waals surface area contributed by atoms with Gasteiger partial charge in [-0.2, -0.15) is 4.99 Å². The molecule has 0 unspecified atom stereocenters. The largest absolute Gasteiger partial charge is 0.380 e. The fraction of sp³-hybridized carbons (Fsp3) is 0.364. The molecule has 0 saturated carbocycles. The molecule has 3 aromatic rings. The Morgan fingerprint density at radius 1 is 1.16 bits per heavy atom. The van der Waals surface area contributed by atoms with Crippen molar-refractivity contribution in [2.75, 3.05) is 13.2 Å². The lowest BCUT2D eigenvalue weighted by Crippen LogP contribution is -2.20. The quantitative estimate of drug-likeness (QED) is 0.546. The minimum Gasteiger partial charge on any atom is -0.380 e. The number of carbonyl (C=O) groups is 1.